The Kier molecular flexibility index (Phi) is 2.77. The molecule has 1 N–H and O–H groups in total. The Bertz CT molecular complexity index is 453. The maximum Gasteiger partial charge on any atom is 0.245 e. The number of hydrogen-bond acceptors (Lipinski definition) is 4. The molecule has 3 rings (SSSR count). The van der Waals surface area contributed by atoms with E-state index in [-0.39, 0.29) is 17.9 Å². The van der Waals surface area contributed by atoms with Gasteiger partial charge >= 0.3 is 0 Å². The highest BCUT2D eigenvalue weighted by Crippen LogP contribution is 2.34. The van der Waals surface area contributed by atoms with Crippen LogP contribution in [0.2, 0.25) is 0 Å². The number of amides is 2. The molecule has 0 spiro atoms. The van der Waals surface area contributed by atoms with Gasteiger partial charge in [-0.2, -0.15) is 0 Å². The molecule has 6 heteroatoms. The maximum atomic E-state index is 12.4. The SMILES string of the molecule is O=C1CCN(Cc2ccon2)C(=O)C(C2CC2)N1. The van der Waals surface area contributed by atoms with E-state index in [0.717, 1.165) is 12.8 Å². The largest absolute Gasteiger partial charge is 0.364 e. The molecule has 1 saturated carbocycles. The second-order valence-electron chi connectivity index (χ2n) is 4.88. The summed E-state index contributed by atoms with van der Waals surface area (Å²) in [5, 5.41) is 6.63. The highest BCUT2D eigenvalue weighted by atomic mass is 16.5. The van der Waals surface area contributed by atoms with Crippen molar-refractivity contribution in [3.63, 3.8) is 0 Å². The molecular weight excluding hydrogens is 234 g/mol. The number of hydrogen-bond donors (Lipinski definition) is 1. The van der Waals surface area contributed by atoms with Gasteiger partial charge in [0.15, 0.2) is 0 Å². The summed E-state index contributed by atoms with van der Waals surface area (Å²) in [6.07, 6.45) is 3.88. The first kappa shape index (κ1) is 11.3. The summed E-state index contributed by atoms with van der Waals surface area (Å²) in [7, 11) is 0. The van der Waals surface area contributed by atoms with E-state index in [1.54, 1.807) is 11.0 Å². The standard InChI is InChI=1S/C12H15N3O3/c16-10-3-5-15(7-9-4-6-18-14-9)12(17)11(13-10)8-1-2-8/h4,6,8,11H,1-3,5,7H2,(H,13,16). The molecule has 1 aliphatic heterocycles. The fourth-order valence-corrected chi connectivity index (χ4v) is 2.27. The molecule has 2 aliphatic rings. The Morgan fingerprint density at radius 3 is 2.94 bits per heavy atom. The van der Waals surface area contributed by atoms with Gasteiger partial charge in [0, 0.05) is 19.0 Å². The van der Waals surface area contributed by atoms with Crippen LogP contribution in [0.3, 0.4) is 0 Å². The second-order valence-corrected chi connectivity index (χ2v) is 4.88. The second kappa shape index (κ2) is 4.44. The van der Waals surface area contributed by atoms with E-state index in [0.29, 0.717) is 31.1 Å². The maximum absolute atomic E-state index is 12.4. The van der Waals surface area contributed by atoms with Crippen LogP contribution in [-0.4, -0.2) is 34.5 Å². The van der Waals surface area contributed by atoms with E-state index < -0.39 is 0 Å². The van der Waals surface area contributed by atoms with Gasteiger partial charge in [0.2, 0.25) is 11.8 Å². The first-order valence-corrected chi connectivity index (χ1v) is 6.21. The summed E-state index contributed by atoms with van der Waals surface area (Å²) >= 11 is 0. The van der Waals surface area contributed by atoms with Gasteiger partial charge in [-0.05, 0) is 18.8 Å². The van der Waals surface area contributed by atoms with E-state index in [1.807, 2.05) is 0 Å². The molecule has 0 aromatic carbocycles. The predicted octanol–water partition coefficient (Wildman–Crippen LogP) is 0.302. The molecule has 18 heavy (non-hydrogen) atoms. The van der Waals surface area contributed by atoms with Crippen molar-refractivity contribution in [2.24, 2.45) is 5.92 Å². The van der Waals surface area contributed by atoms with Gasteiger partial charge < -0.3 is 14.7 Å². The van der Waals surface area contributed by atoms with Crippen LogP contribution in [0.1, 0.15) is 25.0 Å². The van der Waals surface area contributed by atoms with E-state index in [4.69, 9.17) is 4.52 Å². The Hall–Kier alpha value is -1.85. The molecule has 0 bridgehead atoms. The highest BCUT2D eigenvalue weighted by molar-refractivity contribution is 5.90. The molecule has 1 aromatic rings. The normalized spacial score (nSPS) is 24.9. The van der Waals surface area contributed by atoms with Crippen LogP contribution in [0.5, 0.6) is 0 Å². The lowest BCUT2D eigenvalue weighted by molar-refractivity contribution is -0.134. The molecule has 2 amide bonds. The average Bonchev–Trinajstić information content (AvgIpc) is 3.09. The lowest BCUT2D eigenvalue weighted by atomic mass is 10.1. The lowest BCUT2D eigenvalue weighted by Gasteiger charge is -2.22. The van der Waals surface area contributed by atoms with Crippen molar-refractivity contribution in [2.75, 3.05) is 6.54 Å². The summed E-state index contributed by atoms with van der Waals surface area (Å²) in [6.45, 7) is 0.855. The van der Waals surface area contributed by atoms with Crippen LogP contribution < -0.4 is 5.32 Å². The molecule has 1 atom stereocenters. The summed E-state index contributed by atoms with van der Waals surface area (Å²) in [4.78, 5) is 25.6. The van der Waals surface area contributed by atoms with Crippen molar-refractivity contribution >= 4 is 11.8 Å². The van der Waals surface area contributed by atoms with Crippen molar-refractivity contribution in [1.82, 2.24) is 15.4 Å². The zero-order chi connectivity index (χ0) is 12.5. The fraction of sp³-hybridized carbons (Fsp3) is 0.583. The third-order valence-corrected chi connectivity index (χ3v) is 3.44. The number of nitrogens with one attached hydrogen (secondary N) is 1. The van der Waals surface area contributed by atoms with Crippen LogP contribution in [0.4, 0.5) is 0 Å². The Morgan fingerprint density at radius 1 is 1.44 bits per heavy atom. The molecule has 1 saturated heterocycles. The quantitative estimate of drug-likeness (QED) is 0.836. The first-order chi connectivity index (χ1) is 8.74. The smallest absolute Gasteiger partial charge is 0.245 e. The zero-order valence-corrected chi connectivity index (χ0v) is 9.96. The van der Waals surface area contributed by atoms with Gasteiger partial charge in [-0.15, -0.1) is 0 Å². The van der Waals surface area contributed by atoms with Crippen molar-refractivity contribution in [3.05, 3.63) is 18.0 Å². The topological polar surface area (TPSA) is 75.4 Å². The molecule has 1 unspecified atom stereocenters. The molecule has 2 fully saturated rings. The Labute approximate surface area is 104 Å². The Balaban J connectivity index is 1.75. The first-order valence-electron chi connectivity index (χ1n) is 6.21. The summed E-state index contributed by atoms with van der Waals surface area (Å²) in [5.74, 6) is 0.286. The van der Waals surface area contributed by atoms with Crippen LogP contribution >= 0.6 is 0 Å². The van der Waals surface area contributed by atoms with Gasteiger partial charge in [0.25, 0.3) is 0 Å². The van der Waals surface area contributed by atoms with Crippen LogP contribution in [0.25, 0.3) is 0 Å². The van der Waals surface area contributed by atoms with Crippen LogP contribution in [0, 0.1) is 5.92 Å². The summed E-state index contributed by atoms with van der Waals surface area (Å²) < 4.78 is 4.76. The van der Waals surface area contributed by atoms with Crippen LogP contribution in [-0.2, 0) is 16.1 Å². The third kappa shape index (κ3) is 2.23. The Morgan fingerprint density at radius 2 is 2.28 bits per heavy atom. The van der Waals surface area contributed by atoms with Gasteiger partial charge in [0.05, 0.1) is 6.54 Å². The van der Waals surface area contributed by atoms with Crippen molar-refractivity contribution in [3.8, 4) is 0 Å². The molecule has 6 nitrogen and oxygen atoms in total. The van der Waals surface area contributed by atoms with E-state index in [9.17, 15) is 9.59 Å². The molecule has 1 aromatic heterocycles. The number of aromatic nitrogens is 1. The van der Waals surface area contributed by atoms with Gasteiger partial charge in [-0.1, -0.05) is 5.16 Å². The fourth-order valence-electron chi connectivity index (χ4n) is 2.27. The monoisotopic (exact) mass is 249 g/mol. The van der Waals surface area contributed by atoms with Gasteiger partial charge in [0.1, 0.15) is 18.0 Å². The number of nitrogens with zero attached hydrogens (tertiary/aromatic N) is 2. The van der Waals surface area contributed by atoms with Crippen molar-refractivity contribution < 1.29 is 14.1 Å². The van der Waals surface area contributed by atoms with E-state index in [2.05, 4.69) is 10.5 Å². The molecular formula is C12H15N3O3. The lowest BCUT2D eigenvalue weighted by Crippen LogP contribution is -2.45. The van der Waals surface area contributed by atoms with Crippen molar-refractivity contribution in [1.29, 1.82) is 0 Å². The molecule has 1 aliphatic carbocycles. The minimum atomic E-state index is -0.341. The minimum Gasteiger partial charge on any atom is -0.364 e. The summed E-state index contributed by atoms with van der Waals surface area (Å²) in [5.41, 5.74) is 0.715. The molecule has 96 valence electrons. The van der Waals surface area contributed by atoms with Crippen LogP contribution in [0.15, 0.2) is 16.9 Å². The number of carbonyl (C=O) groups is 2. The number of carbonyl (C=O) groups excluding carboxylic acids is 2. The van der Waals surface area contributed by atoms with E-state index >= 15 is 0 Å². The predicted molar refractivity (Wildman–Crippen MR) is 61.2 cm³/mol. The minimum absolute atomic E-state index is 0.00588. The van der Waals surface area contributed by atoms with Gasteiger partial charge in [-0.3, -0.25) is 9.59 Å². The summed E-state index contributed by atoms with van der Waals surface area (Å²) in [6, 6.07) is 1.39. The molecule has 2 heterocycles. The molecule has 0 radical (unpaired) electrons. The van der Waals surface area contributed by atoms with Crippen molar-refractivity contribution in [2.45, 2.75) is 31.8 Å². The van der Waals surface area contributed by atoms with Gasteiger partial charge in [-0.25, -0.2) is 0 Å². The number of rotatable bonds is 3. The van der Waals surface area contributed by atoms with E-state index in [1.165, 1.54) is 6.26 Å². The average molecular weight is 249 g/mol. The zero-order valence-electron chi connectivity index (χ0n) is 9.96. The third-order valence-electron chi connectivity index (χ3n) is 3.44. The highest BCUT2D eigenvalue weighted by Gasteiger charge is 2.40.